The summed E-state index contributed by atoms with van der Waals surface area (Å²) < 4.78 is 6.84. The van der Waals surface area contributed by atoms with Crippen LogP contribution in [-0.4, -0.2) is 28.3 Å². The van der Waals surface area contributed by atoms with Crippen molar-refractivity contribution in [1.29, 1.82) is 0 Å². The molecule has 1 aromatic heterocycles. The summed E-state index contributed by atoms with van der Waals surface area (Å²) in [6.45, 7) is 2.09. The van der Waals surface area contributed by atoms with Crippen molar-refractivity contribution in [1.82, 2.24) is 9.55 Å². The molecule has 6 nitrogen and oxygen atoms in total. The minimum absolute atomic E-state index is 0.115. The minimum atomic E-state index is -0.193. The second-order valence-electron chi connectivity index (χ2n) is 7.14. The van der Waals surface area contributed by atoms with Crippen LogP contribution in [0, 0.1) is 0 Å². The molecule has 0 radical (unpaired) electrons. The third-order valence-corrected chi connectivity index (χ3v) is 5.97. The molecule has 162 valence electrons. The van der Waals surface area contributed by atoms with Gasteiger partial charge < -0.3 is 10.1 Å². The molecule has 0 unspecified atom stereocenters. The van der Waals surface area contributed by atoms with Gasteiger partial charge in [0.25, 0.3) is 5.56 Å². The second-order valence-corrected chi connectivity index (χ2v) is 8.08. The summed E-state index contributed by atoms with van der Waals surface area (Å²) in [4.78, 5) is 30.6. The molecule has 0 spiro atoms. The SMILES string of the molecule is CCc1ccc(NC(=O)CSc2nc3ccccc3c(=O)n2-c2cccc(OC)c2)cc1. The van der Waals surface area contributed by atoms with Crippen molar-refractivity contribution in [2.75, 3.05) is 18.2 Å². The fourth-order valence-electron chi connectivity index (χ4n) is 3.34. The number of amides is 1. The van der Waals surface area contributed by atoms with Gasteiger partial charge in [0.2, 0.25) is 5.91 Å². The van der Waals surface area contributed by atoms with E-state index < -0.39 is 0 Å². The van der Waals surface area contributed by atoms with Crippen LogP contribution in [0.2, 0.25) is 0 Å². The highest BCUT2D eigenvalue weighted by Crippen LogP contribution is 2.24. The van der Waals surface area contributed by atoms with E-state index in [1.54, 1.807) is 25.3 Å². The number of fused-ring (bicyclic) bond motifs is 1. The molecule has 0 saturated carbocycles. The molecule has 32 heavy (non-hydrogen) atoms. The number of benzene rings is 3. The number of aromatic nitrogens is 2. The first-order valence-electron chi connectivity index (χ1n) is 10.3. The molecule has 0 aliphatic rings. The van der Waals surface area contributed by atoms with Gasteiger partial charge in [-0.2, -0.15) is 0 Å². The number of carbonyl (C=O) groups excluding carboxylic acids is 1. The van der Waals surface area contributed by atoms with Gasteiger partial charge in [-0.15, -0.1) is 0 Å². The van der Waals surface area contributed by atoms with Crippen LogP contribution in [0.15, 0.2) is 82.7 Å². The first kappa shape index (κ1) is 21.6. The highest BCUT2D eigenvalue weighted by atomic mass is 32.2. The number of ether oxygens (including phenoxy) is 1. The molecule has 0 atom stereocenters. The van der Waals surface area contributed by atoms with Crippen LogP contribution in [0.1, 0.15) is 12.5 Å². The second kappa shape index (κ2) is 9.70. The molecule has 4 rings (SSSR count). The van der Waals surface area contributed by atoms with Crippen LogP contribution in [-0.2, 0) is 11.2 Å². The summed E-state index contributed by atoms with van der Waals surface area (Å²) in [5.41, 5.74) is 2.98. The number of nitrogens with zero attached hydrogens (tertiary/aromatic N) is 2. The van der Waals surface area contributed by atoms with Crippen molar-refractivity contribution < 1.29 is 9.53 Å². The van der Waals surface area contributed by atoms with Crippen LogP contribution < -0.4 is 15.6 Å². The van der Waals surface area contributed by atoms with Gasteiger partial charge in [-0.05, 0) is 48.4 Å². The predicted molar refractivity (Wildman–Crippen MR) is 129 cm³/mol. The average Bonchev–Trinajstić information content (AvgIpc) is 2.83. The fourth-order valence-corrected chi connectivity index (χ4v) is 4.15. The lowest BCUT2D eigenvalue weighted by Crippen LogP contribution is -2.23. The lowest BCUT2D eigenvalue weighted by molar-refractivity contribution is -0.113. The third kappa shape index (κ3) is 4.68. The summed E-state index contributed by atoms with van der Waals surface area (Å²) in [5, 5.41) is 3.85. The monoisotopic (exact) mass is 445 g/mol. The summed E-state index contributed by atoms with van der Waals surface area (Å²) in [6, 6.07) is 22.2. The molecule has 1 N–H and O–H groups in total. The summed E-state index contributed by atoms with van der Waals surface area (Å²) in [6.07, 6.45) is 0.944. The van der Waals surface area contributed by atoms with Gasteiger partial charge in [0, 0.05) is 11.8 Å². The van der Waals surface area contributed by atoms with E-state index in [0.29, 0.717) is 27.5 Å². The first-order chi connectivity index (χ1) is 15.6. The van der Waals surface area contributed by atoms with E-state index >= 15 is 0 Å². The topological polar surface area (TPSA) is 73.2 Å². The number of methoxy groups -OCH3 is 1. The number of para-hydroxylation sites is 1. The fraction of sp³-hybridized carbons (Fsp3) is 0.160. The van der Waals surface area contributed by atoms with E-state index in [2.05, 4.69) is 17.2 Å². The number of hydrogen-bond donors (Lipinski definition) is 1. The Balaban J connectivity index is 1.64. The van der Waals surface area contributed by atoms with Crippen molar-refractivity contribution in [2.45, 2.75) is 18.5 Å². The molecule has 4 aromatic rings. The predicted octanol–water partition coefficient (Wildman–Crippen LogP) is 4.69. The van der Waals surface area contributed by atoms with E-state index in [9.17, 15) is 9.59 Å². The van der Waals surface area contributed by atoms with Crippen LogP contribution >= 0.6 is 11.8 Å². The Labute approximate surface area is 190 Å². The van der Waals surface area contributed by atoms with E-state index in [4.69, 9.17) is 4.74 Å². The number of rotatable bonds is 7. The lowest BCUT2D eigenvalue weighted by Gasteiger charge is -2.14. The smallest absolute Gasteiger partial charge is 0.266 e. The third-order valence-electron chi connectivity index (χ3n) is 5.03. The van der Waals surface area contributed by atoms with Gasteiger partial charge in [0.1, 0.15) is 5.75 Å². The highest BCUT2D eigenvalue weighted by Gasteiger charge is 2.15. The number of nitrogens with one attached hydrogen (secondary N) is 1. The molecule has 3 aromatic carbocycles. The van der Waals surface area contributed by atoms with E-state index in [-0.39, 0.29) is 17.2 Å². The maximum absolute atomic E-state index is 13.3. The van der Waals surface area contributed by atoms with Gasteiger partial charge in [-0.1, -0.05) is 49.0 Å². The Bertz CT molecular complexity index is 1320. The molecule has 0 bridgehead atoms. The molecule has 0 aliphatic heterocycles. The number of thioether (sulfide) groups is 1. The zero-order valence-electron chi connectivity index (χ0n) is 17.9. The van der Waals surface area contributed by atoms with Crippen LogP contribution in [0.25, 0.3) is 16.6 Å². The van der Waals surface area contributed by atoms with Crippen molar-refractivity contribution in [3.8, 4) is 11.4 Å². The Morgan fingerprint density at radius 3 is 2.59 bits per heavy atom. The van der Waals surface area contributed by atoms with Crippen molar-refractivity contribution in [3.05, 3.63) is 88.7 Å². The Hall–Kier alpha value is -3.58. The number of hydrogen-bond acceptors (Lipinski definition) is 5. The van der Waals surface area contributed by atoms with Gasteiger partial charge in [0.15, 0.2) is 5.16 Å². The Morgan fingerprint density at radius 1 is 1.06 bits per heavy atom. The van der Waals surface area contributed by atoms with Crippen LogP contribution in [0.5, 0.6) is 5.75 Å². The normalized spacial score (nSPS) is 10.8. The van der Waals surface area contributed by atoms with Gasteiger partial charge in [-0.3, -0.25) is 14.2 Å². The number of aryl methyl sites for hydroxylation is 1. The largest absolute Gasteiger partial charge is 0.497 e. The van der Waals surface area contributed by atoms with E-state index in [1.165, 1.54) is 21.9 Å². The van der Waals surface area contributed by atoms with Crippen LogP contribution in [0.3, 0.4) is 0 Å². The Morgan fingerprint density at radius 2 is 1.84 bits per heavy atom. The van der Waals surface area contributed by atoms with Crippen LogP contribution in [0.4, 0.5) is 5.69 Å². The molecule has 0 aliphatic carbocycles. The standard InChI is InChI=1S/C25H23N3O3S/c1-3-17-11-13-18(14-12-17)26-23(29)16-32-25-27-22-10-5-4-9-21(22)24(30)28(25)19-7-6-8-20(15-19)31-2/h4-15H,3,16H2,1-2H3,(H,26,29). The van der Waals surface area contributed by atoms with Crippen molar-refractivity contribution >= 4 is 34.3 Å². The number of anilines is 1. The zero-order valence-corrected chi connectivity index (χ0v) is 18.7. The summed E-state index contributed by atoms with van der Waals surface area (Å²) in [5.74, 6) is 0.579. The number of carbonyl (C=O) groups is 1. The molecule has 0 saturated heterocycles. The lowest BCUT2D eigenvalue weighted by atomic mass is 10.1. The first-order valence-corrected chi connectivity index (χ1v) is 11.3. The quantitative estimate of drug-likeness (QED) is 0.330. The molecular formula is C25H23N3O3S. The zero-order chi connectivity index (χ0) is 22.5. The highest BCUT2D eigenvalue weighted by molar-refractivity contribution is 7.99. The maximum atomic E-state index is 13.3. The Kier molecular flexibility index (Phi) is 6.56. The summed E-state index contributed by atoms with van der Waals surface area (Å²) in [7, 11) is 1.58. The molecule has 7 heteroatoms. The molecule has 1 heterocycles. The molecular weight excluding hydrogens is 422 g/mol. The van der Waals surface area contributed by atoms with Crippen molar-refractivity contribution in [2.24, 2.45) is 0 Å². The average molecular weight is 446 g/mol. The van der Waals surface area contributed by atoms with E-state index in [1.807, 2.05) is 54.6 Å². The van der Waals surface area contributed by atoms with Gasteiger partial charge in [-0.25, -0.2) is 4.98 Å². The van der Waals surface area contributed by atoms with Gasteiger partial charge >= 0.3 is 0 Å². The van der Waals surface area contributed by atoms with Gasteiger partial charge in [0.05, 0.1) is 29.5 Å². The molecule has 1 amide bonds. The minimum Gasteiger partial charge on any atom is -0.497 e. The maximum Gasteiger partial charge on any atom is 0.266 e. The summed E-state index contributed by atoms with van der Waals surface area (Å²) >= 11 is 1.22. The molecule has 0 fully saturated rings. The van der Waals surface area contributed by atoms with Crippen molar-refractivity contribution in [3.63, 3.8) is 0 Å². The van der Waals surface area contributed by atoms with E-state index in [0.717, 1.165) is 12.1 Å².